The molecule has 0 radical (unpaired) electrons. The highest BCUT2D eigenvalue weighted by molar-refractivity contribution is 5.68. The molecular weight excluding hydrogens is 206 g/mol. The maximum atomic E-state index is 11.5. The summed E-state index contributed by atoms with van der Waals surface area (Å²) in [5.41, 5.74) is -0.502. The van der Waals surface area contributed by atoms with Gasteiger partial charge in [-0.1, -0.05) is 26.7 Å². The van der Waals surface area contributed by atoms with Gasteiger partial charge in [0.25, 0.3) is 0 Å². The number of carbonyl (C=O) groups is 1. The van der Waals surface area contributed by atoms with Gasteiger partial charge in [-0.3, -0.25) is 0 Å². The van der Waals surface area contributed by atoms with Crippen LogP contribution in [0.1, 0.15) is 47.5 Å². The van der Waals surface area contributed by atoms with Crippen LogP contribution in [0, 0.1) is 5.92 Å². The van der Waals surface area contributed by atoms with Crippen LogP contribution in [-0.2, 0) is 4.74 Å². The van der Waals surface area contributed by atoms with E-state index in [1.54, 1.807) is 0 Å². The van der Waals surface area contributed by atoms with Crippen LogP contribution in [0.3, 0.4) is 0 Å². The zero-order chi connectivity index (χ0) is 12.8. The van der Waals surface area contributed by atoms with E-state index in [1.807, 2.05) is 34.6 Å². The zero-order valence-electron chi connectivity index (χ0n) is 11.0. The zero-order valence-corrected chi connectivity index (χ0v) is 11.0. The van der Waals surface area contributed by atoms with E-state index >= 15 is 0 Å². The van der Waals surface area contributed by atoms with Crippen molar-refractivity contribution < 1.29 is 14.6 Å². The van der Waals surface area contributed by atoms with Crippen LogP contribution in [0.4, 0.5) is 4.79 Å². The maximum Gasteiger partial charge on any atom is 0.407 e. The molecule has 0 aliphatic heterocycles. The van der Waals surface area contributed by atoms with Crippen LogP contribution in [0.25, 0.3) is 0 Å². The lowest BCUT2D eigenvalue weighted by atomic mass is 9.95. The standard InChI is InChI=1S/C12H25NO3/c1-6-9(7-2)10(8-14)13-11(15)16-12(3,4)5/h9-10,14H,6-8H2,1-5H3,(H,13,15). The highest BCUT2D eigenvalue weighted by atomic mass is 16.6. The Morgan fingerprint density at radius 1 is 1.31 bits per heavy atom. The molecule has 1 atom stereocenters. The number of aliphatic hydroxyl groups is 1. The Morgan fingerprint density at radius 2 is 1.81 bits per heavy atom. The molecule has 0 saturated heterocycles. The Morgan fingerprint density at radius 3 is 2.12 bits per heavy atom. The second-order valence-corrected chi connectivity index (χ2v) is 5.01. The highest BCUT2D eigenvalue weighted by Crippen LogP contribution is 2.14. The van der Waals surface area contributed by atoms with Gasteiger partial charge < -0.3 is 15.2 Å². The minimum Gasteiger partial charge on any atom is -0.444 e. The predicted molar refractivity (Wildman–Crippen MR) is 64.3 cm³/mol. The summed E-state index contributed by atoms with van der Waals surface area (Å²) in [5, 5.41) is 11.9. The quantitative estimate of drug-likeness (QED) is 0.763. The molecule has 1 unspecified atom stereocenters. The minimum absolute atomic E-state index is 0.0500. The average molecular weight is 231 g/mol. The fourth-order valence-corrected chi connectivity index (χ4v) is 1.63. The van der Waals surface area contributed by atoms with Crippen molar-refractivity contribution in [3.63, 3.8) is 0 Å². The summed E-state index contributed by atoms with van der Waals surface area (Å²) in [6.45, 7) is 9.50. The van der Waals surface area contributed by atoms with E-state index in [9.17, 15) is 9.90 Å². The summed E-state index contributed by atoms with van der Waals surface area (Å²) in [5.74, 6) is 0.289. The van der Waals surface area contributed by atoms with Crippen molar-refractivity contribution in [2.75, 3.05) is 6.61 Å². The van der Waals surface area contributed by atoms with Crippen LogP contribution in [0.2, 0.25) is 0 Å². The maximum absolute atomic E-state index is 11.5. The Labute approximate surface area is 98.4 Å². The smallest absolute Gasteiger partial charge is 0.407 e. The third-order valence-electron chi connectivity index (χ3n) is 2.52. The Balaban J connectivity index is 4.26. The SMILES string of the molecule is CCC(CC)C(CO)NC(=O)OC(C)(C)C. The van der Waals surface area contributed by atoms with Gasteiger partial charge in [-0.25, -0.2) is 4.79 Å². The molecule has 0 aliphatic rings. The van der Waals surface area contributed by atoms with E-state index < -0.39 is 11.7 Å². The van der Waals surface area contributed by atoms with E-state index in [2.05, 4.69) is 5.32 Å². The van der Waals surface area contributed by atoms with E-state index in [-0.39, 0.29) is 18.6 Å². The molecule has 4 nitrogen and oxygen atoms in total. The number of nitrogens with one attached hydrogen (secondary N) is 1. The van der Waals surface area contributed by atoms with Crippen LogP contribution in [0.5, 0.6) is 0 Å². The van der Waals surface area contributed by atoms with Crippen LogP contribution in [0.15, 0.2) is 0 Å². The number of carbonyl (C=O) groups excluding carboxylic acids is 1. The van der Waals surface area contributed by atoms with Gasteiger partial charge in [-0.15, -0.1) is 0 Å². The van der Waals surface area contributed by atoms with Crippen molar-refractivity contribution in [1.82, 2.24) is 5.32 Å². The number of ether oxygens (including phenoxy) is 1. The first-order valence-corrected chi connectivity index (χ1v) is 5.94. The molecule has 16 heavy (non-hydrogen) atoms. The molecule has 0 aliphatic carbocycles. The van der Waals surface area contributed by atoms with Crippen molar-refractivity contribution >= 4 is 6.09 Å². The van der Waals surface area contributed by atoms with Gasteiger partial charge in [0.15, 0.2) is 0 Å². The van der Waals surface area contributed by atoms with Crippen molar-refractivity contribution in [2.24, 2.45) is 5.92 Å². The number of alkyl carbamates (subject to hydrolysis) is 1. The van der Waals surface area contributed by atoms with E-state index in [0.29, 0.717) is 0 Å². The molecule has 1 amide bonds. The molecule has 0 aromatic carbocycles. The number of rotatable bonds is 5. The van der Waals surface area contributed by atoms with Crippen molar-refractivity contribution in [2.45, 2.75) is 59.1 Å². The topological polar surface area (TPSA) is 58.6 Å². The predicted octanol–water partition coefficient (Wildman–Crippen LogP) is 2.31. The molecule has 0 aromatic heterocycles. The van der Waals surface area contributed by atoms with Crippen molar-refractivity contribution in [3.05, 3.63) is 0 Å². The third-order valence-corrected chi connectivity index (χ3v) is 2.52. The lowest BCUT2D eigenvalue weighted by Crippen LogP contribution is -2.44. The Kier molecular flexibility index (Phi) is 6.41. The van der Waals surface area contributed by atoms with Gasteiger partial charge in [0.05, 0.1) is 12.6 Å². The largest absolute Gasteiger partial charge is 0.444 e. The summed E-state index contributed by atoms with van der Waals surface area (Å²) < 4.78 is 5.15. The van der Waals surface area contributed by atoms with Gasteiger partial charge >= 0.3 is 6.09 Å². The van der Waals surface area contributed by atoms with Gasteiger partial charge in [0, 0.05) is 0 Å². The molecule has 0 aromatic rings. The first-order chi connectivity index (χ1) is 7.34. The first-order valence-electron chi connectivity index (χ1n) is 5.94. The molecule has 0 fully saturated rings. The fourth-order valence-electron chi connectivity index (χ4n) is 1.63. The van der Waals surface area contributed by atoms with Gasteiger partial charge in [-0.2, -0.15) is 0 Å². The van der Waals surface area contributed by atoms with Gasteiger partial charge in [0.2, 0.25) is 0 Å². The first kappa shape index (κ1) is 15.2. The van der Waals surface area contributed by atoms with Crippen LogP contribution < -0.4 is 5.32 Å². The summed E-state index contributed by atoms with van der Waals surface area (Å²) in [6.07, 6.45) is 1.40. The molecule has 0 heterocycles. The van der Waals surface area contributed by atoms with Crippen molar-refractivity contribution in [1.29, 1.82) is 0 Å². The molecular formula is C12H25NO3. The normalized spacial score (nSPS) is 13.7. The Hall–Kier alpha value is -0.770. The summed E-state index contributed by atoms with van der Waals surface area (Å²) >= 11 is 0. The van der Waals surface area contributed by atoms with E-state index in [1.165, 1.54) is 0 Å². The fraction of sp³-hybridized carbons (Fsp3) is 0.917. The Bertz CT molecular complexity index is 207. The average Bonchev–Trinajstić information content (AvgIpc) is 2.15. The van der Waals surface area contributed by atoms with Gasteiger partial charge in [-0.05, 0) is 26.7 Å². The molecule has 4 heteroatoms. The lowest BCUT2D eigenvalue weighted by Gasteiger charge is -2.26. The van der Waals surface area contributed by atoms with Crippen LogP contribution >= 0.6 is 0 Å². The number of amides is 1. The van der Waals surface area contributed by atoms with Crippen LogP contribution in [-0.4, -0.2) is 29.4 Å². The van der Waals surface area contributed by atoms with E-state index in [0.717, 1.165) is 12.8 Å². The number of hydrogen-bond acceptors (Lipinski definition) is 3. The minimum atomic E-state index is -0.502. The third kappa shape index (κ3) is 5.95. The molecule has 0 rings (SSSR count). The highest BCUT2D eigenvalue weighted by Gasteiger charge is 2.23. The second kappa shape index (κ2) is 6.74. The number of hydrogen-bond donors (Lipinski definition) is 2. The molecule has 2 N–H and O–H groups in total. The summed E-state index contributed by atoms with van der Waals surface area (Å²) in [4.78, 5) is 11.5. The lowest BCUT2D eigenvalue weighted by molar-refractivity contribution is 0.0451. The second-order valence-electron chi connectivity index (χ2n) is 5.01. The van der Waals surface area contributed by atoms with E-state index in [4.69, 9.17) is 4.74 Å². The molecule has 0 bridgehead atoms. The summed E-state index contributed by atoms with van der Waals surface area (Å²) in [7, 11) is 0. The molecule has 0 spiro atoms. The van der Waals surface area contributed by atoms with Crippen molar-refractivity contribution in [3.8, 4) is 0 Å². The molecule has 0 saturated carbocycles. The monoisotopic (exact) mass is 231 g/mol. The molecule has 96 valence electrons. The number of aliphatic hydroxyl groups excluding tert-OH is 1. The van der Waals surface area contributed by atoms with Gasteiger partial charge in [0.1, 0.15) is 5.60 Å². The summed E-state index contributed by atoms with van der Waals surface area (Å²) in [6, 6.07) is -0.218.